The summed E-state index contributed by atoms with van der Waals surface area (Å²) in [4.78, 5) is 27.6. The highest BCUT2D eigenvalue weighted by Crippen LogP contribution is 2.31. The first kappa shape index (κ1) is 10.9. The van der Waals surface area contributed by atoms with Gasteiger partial charge in [-0.25, -0.2) is 0 Å². The molecule has 0 aliphatic rings. The Balaban J connectivity index is 2.69. The van der Waals surface area contributed by atoms with Gasteiger partial charge < -0.3 is 14.9 Å². The molecule has 8 heteroatoms. The summed E-state index contributed by atoms with van der Waals surface area (Å²) < 4.78 is 10.7. The SMILES string of the molecule is O=C(O)CCc1cc(P(=O)(O)O)[nH]n1. The van der Waals surface area contributed by atoms with Crippen molar-refractivity contribution in [1.82, 2.24) is 10.2 Å². The van der Waals surface area contributed by atoms with Crippen LogP contribution in [0, 0.1) is 0 Å². The number of carboxylic acid groups (broad SMARTS) is 1. The number of nitrogens with one attached hydrogen (secondary N) is 1. The van der Waals surface area contributed by atoms with Gasteiger partial charge >= 0.3 is 13.6 Å². The Morgan fingerprint density at radius 1 is 1.57 bits per heavy atom. The van der Waals surface area contributed by atoms with E-state index in [2.05, 4.69) is 10.2 Å². The fraction of sp³-hybridized carbons (Fsp3) is 0.333. The average molecular weight is 220 g/mol. The van der Waals surface area contributed by atoms with Crippen molar-refractivity contribution in [1.29, 1.82) is 0 Å². The maximum atomic E-state index is 10.7. The molecule has 0 fully saturated rings. The predicted octanol–water partition coefficient (Wildman–Crippen LogP) is -0.770. The number of nitrogens with zero attached hydrogens (tertiary/aromatic N) is 1. The van der Waals surface area contributed by atoms with Crippen molar-refractivity contribution >= 4 is 19.0 Å². The van der Waals surface area contributed by atoms with Crippen molar-refractivity contribution in [2.45, 2.75) is 12.8 Å². The fourth-order valence-corrected chi connectivity index (χ4v) is 1.36. The summed E-state index contributed by atoms with van der Waals surface area (Å²) in [6.45, 7) is 0. The number of aliphatic carboxylic acids is 1. The third kappa shape index (κ3) is 2.95. The lowest BCUT2D eigenvalue weighted by atomic mass is 10.2. The maximum Gasteiger partial charge on any atom is 0.373 e. The van der Waals surface area contributed by atoms with Crippen LogP contribution in [-0.2, 0) is 15.8 Å². The number of aromatic nitrogens is 2. The van der Waals surface area contributed by atoms with E-state index in [-0.39, 0.29) is 18.3 Å². The quantitative estimate of drug-likeness (QED) is 0.494. The lowest BCUT2D eigenvalue weighted by Crippen LogP contribution is -2.03. The molecule has 0 bridgehead atoms. The number of hydrogen-bond acceptors (Lipinski definition) is 3. The van der Waals surface area contributed by atoms with Crippen LogP contribution in [-0.4, -0.2) is 31.1 Å². The minimum Gasteiger partial charge on any atom is -0.481 e. The van der Waals surface area contributed by atoms with E-state index in [4.69, 9.17) is 14.9 Å². The first-order valence-electron chi connectivity index (χ1n) is 3.72. The number of carboxylic acids is 1. The molecule has 14 heavy (non-hydrogen) atoms. The molecule has 1 aromatic rings. The Hall–Kier alpha value is -1.17. The zero-order valence-electron chi connectivity index (χ0n) is 7.04. The Morgan fingerprint density at radius 3 is 2.64 bits per heavy atom. The van der Waals surface area contributed by atoms with Gasteiger partial charge in [0.2, 0.25) is 0 Å². The topological polar surface area (TPSA) is 124 Å². The van der Waals surface area contributed by atoms with Gasteiger partial charge in [-0.15, -0.1) is 0 Å². The van der Waals surface area contributed by atoms with Crippen LogP contribution in [0.2, 0.25) is 0 Å². The molecule has 0 amide bonds. The van der Waals surface area contributed by atoms with Crippen LogP contribution in [0.3, 0.4) is 0 Å². The molecule has 0 spiro atoms. The molecule has 4 N–H and O–H groups in total. The summed E-state index contributed by atoms with van der Waals surface area (Å²) in [5.74, 6) is -0.981. The van der Waals surface area contributed by atoms with Crippen LogP contribution in [0.5, 0.6) is 0 Å². The molecule has 0 aliphatic heterocycles. The number of aromatic amines is 1. The second kappa shape index (κ2) is 3.91. The first-order valence-corrected chi connectivity index (χ1v) is 5.33. The van der Waals surface area contributed by atoms with E-state index < -0.39 is 13.6 Å². The van der Waals surface area contributed by atoms with Crippen molar-refractivity contribution in [3.05, 3.63) is 11.8 Å². The Bertz CT molecular complexity index is 381. The zero-order chi connectivity index (χ0) is 10.8. The van der Waals surface area contributed by atoms with Gasteiger partial charge in [-0.2, -0.15) is 5.10 Å². The summed E-state index contributed by atoms with van der Waals surface area (Å²) in [5, 5.41) is 14.1. The third-order valence-electron chi connectivity index (χ3n) is 1.53. The molecule has 0 radical (unpaired) electrons. The van der Waals surface area contributed by atoms with Gasteiger partial charge in [0.25, 0.3) is 0 Å². The van der Waals surface area contributed by atoms with Gasteiger partial charge in [0.15, 0.2) is 0 Å². The Labute approximate surface area is 78.9 Å². The normalized spacial score (nSPS) is 11.6. The van der Waals surface area contributed by atoms with Crippen LogP contribution < -0.4 is 5.44 Å². The summed E-state index contributed by atoms with van der Waals surface area (Å²) >= 11 is 0. The van der Waals surface area contributed by atoms with Crippen molar-refractivity contribution < 1.29 is 24.3 Å². The summed E-state index contributed by atoms with van der Waals surface area (Å²) in [7, 11) is -4.31. The number of hydrogen-bond donors (Lipinski definition) is 4. The molecule has 0 unspecified atom stereocenters. The lowest BCUT2D eigenvalue weighted by molar-refractivity contribution is -0.136. The minimum absolute atomic E-state index is 0.120. The highest BCUT2D eigenvalue weighted by Gasteiger charge is 2.20. The molecule has 0 saturated heterocycles. The van der Waals surface area contributed by atoms with Crippen molar-refractivity contribution in [3.63, 3.8) is 0 Å². The van der Waals surface area contributed by atoms with Crippen LogP contribution in [0.15, 0.2) is 6.07 Å². The standard InChI is InChI=1S/C6H9N2O5P/c9-6(10)2-1-4-3-5(8-7-4)14(11,12)13/h3H,1-2H2,(H,7,8)(H,9,10)(H2,11,12,13). The molecule has 0 aliphatic carbocycles. The molecule has 1 heterocycles. The van der Waals surface area contributed by atoms with E-state index >= 15 is 0 Å². The number of rotatable bonds is 4. The second-order valence-corrected chi connectivity index (χ2v) is 4.25. The van der Waals surface area contributed by atoms with Crippen molar-refractivity contribution in [2.24, 2.45) is 0 Å². The molecular weight excluding hydrogens is 211 g/mol. The third-order valence-corrected chi connectivity index (χ3v) is 2.38. The van der Waals surface area contributed by atoms with Gasteiger partial charge in [-0.1, -0.05) is 0 Å². The van der Waals surface area contributed by atoms with E-state index in [1.807, 2.05) is 0 Å². The van der Waals surface area contributed by atoms with Gasteiger partial charge in [0.1, 0.15) is 5.44 Å². The molecule has 78 valence electrons. The molecule has 1 rings (SSSR count). The van der Waals surface area contributed by atoms with Gasteiger partial charge in [0.05, 0.1) is 12.1 Å². The predicted molar refractivity (Wildman–Crippen MR) is 46.2 cm³/mol. The van der Waals surface area contributed by atoms with Crippen molar-refractivity contribution in [2.75, 3.05) is 0 Å². The van der Waals surface area contributed by atoms with Crippen LogP contribution >= 0.6 is 7.60 Å². The van der Waals surface area contributed by atoms with Crippen molar-refractivity contribution in [3.8, 4) is 0 Å². The molecule has 1 aromatic heterocycles. The maximum absolute atomic E-state index is 10.7. The van der Waals surface area contributed by atoms with Crippen LogP contribution in [0.4, 0.5) is 0 Å². The fourth-order valence-electron chi connectivity index (χ4n) is 0.864. The van der Waals surface area contributed by atoms with E-state index in [0.29, 0.717) is 5.69 Å². The zero-order valence-corrected chi connectivity index (χ0v) is 7.94. The lowest BCUT2D eigenvalue weighted by Gasteiger charge is -1.96. The summed E-state index contributed by atoms with van der Waals surface area (Å²) in [6, 6.07) is 1.17. The smallest absolute Gasteiger partial charge is 0.373 e. The Kier molecular flexibility index (Phi) is 3.05. The van der Waals surface area contributed by atoms with Gasteiger partial charge in [-0.3, -0.25) is 14.5 Å². The highest BCUT2D eigenvalue weighted by molar-refractivity contribution is 7.60. The Morgan fingerprint density at radius 2 is 2.21 bits per heavy atom. The first-order chi connectivity index (χ1) is 6.39. The summed E-state index contributed by atoms with van der Waals surface area (Å²) in [5.41, 5.74) is 0.0311. The monoisotopic (exact) mass is 220 g/mol. The van der Waals surface area contributed by atoms with Crippen LogP contribution in [0.25, 0.3) is 0 Å². The molecule has 0 atom stereocenters. The number of carbonyl (C=O) groups is 1. The largest absolute Gasteiger partial charge is 0.481 e. The second-order valence-electron chi connectivity index (χ2n) is 2.68. The van der Waals surface area contributed by atoms with E-state index in [9.17, 15) is 9.36 Å². The van der Waals surface area contributed by atoms with Gasteiger partial charge in [-0.05, 0) is 6.07 Å². The number of H-pyrrole nitrogens is 1. The van der Waals surface area contributed by atoms with Gasteiger partial charge in [0, 0.05) is 6.42 Å². The van der Waals surface area contributed by atoms with E-state index in [1.54, 1.807) is 0 Å². The molecular formula is C6H9N2O5P. The number of aryl methyl sites for hydroxylation is 1. The minimum atomic E-state index is -4.31. The summed E-state index contributed by atoms with van der Waals surface area (Å²) in [6.07, 6.45) is 0.0251. The van der Waals surface area contributed by atoms with E-state index in [1.165, 1.54) is 6.07 Å². The average Bonchev–Trinajstić information content (AvgIpc) is 2.47. The molecule has 7 nitrogen and oxygen atoms in total. The van der Waals surface area contributed by atoms with Crippen LogP contribution in [0.1, 0.15) is 12.1 Å². The molecule has 0 saturated carbocycles. The van der Waals surface area contributed by atoms with E-state index in [0.717, 1.165) is 0 Å². The molecule has 0 aromatic carbocycles. The highest BCUT2D eigenvalue weighted by atomic mass is 31.2.